The third-order valence-electron chi connectivity index (χ3n) is 5.70. The lowest BCUT2D eigenvalue weighted by Gasteiger charge is -2.34. The van der Waals surface area contributed by atoms with Crippen LogP contribution in [0.1, 0.15) is 63.3 Å². The minimum absolute atomic E-state index is 0.0378. The number of ether oxygens (including phenoxy) is 1. The highest BCUT2D eigenvalue weighted by molar-refractivity contribution is 6.00. The molecule has 0 fully saturated rings. The molecule has 9 heteroatoms. The Morgan fingerprint density at radius 3 is 2.08 bits per heavy atom. The van der Waals surface area contributed by atoms with Crippen molar-refractivity contribution in [1.82, 2.24) is 10.2 Å². The molecular weight excluding hydrogens is 472 g/mol. The van der Waals surface area contributed by atoms with Gasteiger partial charge in [0.1, 0.15) is 17.7 Å². The van der Waals surface area contributed by atoms with Crippen LogP contribution in [0.2, 0.25) is 0 Å². The van der Waals surface area contributed by atoms with Gasteiger partial charge in [-0.15, -0.1) is 0 Å². The van der Waals surface area contributed by atoms with Crippen molar-refractivity contribution in [3.63, 3.8) is 0 Å². The molecule has 0 saturated carbocycles. The molecule has 0 saturated heterocycles. The van der Waals surface area contributed by atoms with E-state index in [1.165, 1.54) is 4.90 Å². The molecule has 0 radical (unpaired) electrons. The summed E-state index contributed by atoms with van der Waals surface area (Å²) in [7, 11) is 0. The number of carbonyl (C=O) groups is 4. The first-order chi connectivity index (χ1) is 17.3. The van der Waals surface area contributed by atoms with Gasteiger partial charge in [0.15, 0.2) is 0 Å². The molecule has 0 heterocycles. The average Bonchev–Trinajstić information content (AvgIpc) is 2.81. The Bertz CT molecular complexity index is 1090. The van der Waals surface area contributed by atoms with Gasteiger partial charge in [-0.1, -0.05) is 48.5 Å². The molecule has 9 nitrogen and oxygen atoms in total. The maximum absolute atomic E-state index is 13.8. The molecule has 2 rings (SSSR count). The highest BCUT2D eigenvalue weighted by Crippen LogP contribution is 2.27. The quantitative estimate of drug-likeness (QED) is 0.445. The van der Waals surface area contributed by atoms with Crippen molar-refractivity contribution in [2.75, 3.05) is 11.9 Å². The number of amides is 4. The molecule has 2 atom stereocenters. The summed E-state index contributed by atoms with van der Waals surface area (Å²) >= 11 is 0. The number of primary amides is 1. The van der Waals surface area contributed by atoms with Gasteiger partial charge in [-0.2, -0.15) is 0 Å². The Labute approximate surface area is 218 Å². The normalized spacial score (nSPS) is 12.7. The van der Waals surface area contributed by atoms with Gasteiger partial charge in [0.05, 0.1) is 0 Å². The van der Waals surface area contributed by atoms with Gasteiger partial charge in [0.25, 0.3) is 5.91 Å². The van der Waals surface area contributed by atoms with Gasteiger partial charge < -0.3 is 26.0 Å². The van der Waals surface area contributed by atoms with E-state index < -0.39 is 41.5 Å². The summed E-state index contributed by atoms with van der Waals surface area (Å²) in [5.74, 6) is -1.54. The molecule has 2 unspecified atom stereocenters. The van der Waals surface area contributed by atoms with Crippen LogP contribution in [0.15, 0.2) is 48.5 Å². The van der Waals surface area contributed by atoms with E-state index in [4.69, 9.17) is 10.5 Å². The summed E-state index contributed by atoms with van der Waals surface area (Å²) in [4.78, 5) is 53.0. The summed E-state index contributed by atoms with van der Waals surface area (Å²) in [5.41, 5.74) is 7.59. The fraction of sp³-hybridized carbons (Fsp3) is 0.429. The number of hydrogen-bond donors (Lipinski definition) is 3. The van der Waals surface area contributed by atoms with Crippen molar-refractivity contribution in [3.8, 4) is 0 Å². The molecule has 37 heavy (non-hydrogen) atoms. The Hall–Kier alpha value is -3.88. The number of alkyl carbamates (subject to hydrolysis) is 1. The number of likely N-dealkylation sites (N-methyl/N-ethyl adjacent to an activating group) is 1. The number of benzene rings is 2. The monoisotopic (exact) mass is 510 g/mol. The number of nitrogens with two attached hydrogens (primary N) is 1. The number of para-hydroxylation sites is 1. The molecule has 4 N–H and O–H groups in total. The molecule has 0 aliphatic rings. The van der Waals surface area contributed by atoms with Gasteiger partial charge >= 0.3 is 6.09 Å². The average molecular weight is 511 g/mol. The molecule has 0 aromatic heterocycles. The number of carbonyl (C=O) groups excluding carboxylic acids is 4. The molecular formula is C28H38N4O5. The van der Waals surface area contributed by atoms with Gasteiger partial charge in [-0.3, -0.25) is 14.4 Å². The van der Waals surface area contributed by atoms with Crippen LogP contribution in [-0.4, -0.2) is 46.9 Å². The second kappa shape index (κ2) is 12.9. The SMILES string of the molecule is CCN(C(=O)C(CCC(N)=O)NC(=O)OC(C)(C)C)C(C(=O)Nc1c(C)cccc1C)c1ccccc1. The summed E-state index contributed by atoms with van der Waals surface area (Å²) in [5, 5.41) is 5.55. The Balaban J connectivity index is 2.45. The van der Waals surface area contributed by atoms with E-state index in [0.29, 0.717) is 11.3 Å². The van der Waals surface area contributed by atoms with E-state index in [1.54, 1.807) is 52.0 Å². The Morgan fingerprint density at radius 1 is 0.973 bits per heavy atom. The van der Waals surface area contributed by atoms with E-state index in [0.717, 1.165) is 11.1 Å². The van der Waals surface area contributed by atoms with Crippen molar-refractivity contribution >= 4 is 29.5 Å². The summed E-state index contributed by atoms with van der Waals surface area (Å²) in [6.07, 6.45) is -0.971. The fourth-order valence-corrected chi connectivity index (χ4v) is 3.97. The molecule has 2 aromatic rings. The highest BCUT2D eigenvalue weighted by Gasteiger charge is 2.35. The fourth-order valence-electron chi connectivity index (χ4n) is 3.97. The predicted molar refractivity (Wildman–Crippen MR) is 143 cm³/mol. The molecule has 200 valence electrons. The van der Waals surface area contributed by atoms with Crippen molar-refractivity contribution in [3.05, 3.63) is 65.2 Å². The summed E-state index contributed by atoms with van der Waals surface area (Å²) < 4.78 is 5.32. The topological polar surface area (TPSA) is 131 Å². The zero-order chi connectivity index (χ0) is 27.8. The zero-order valence-electron chi connectivity index (χ0n) is 22.5. The van der Waals surface area contributed by atoms with E-state index in [1.807, 2.05) is 38.1 Å². The molecule has 2 aromatic carbocycles. The zero-order valence-corrected chi connectivity index (χ0v) is 22.5. The smallest absolute Gasteiger partial charge is 0.408 e. The maximum atomic E-state index is 13.8. The predicted octanol–water partition coefficient (Wildman–Crippen LogP) is 3.99. The van der Waals surface area contributed by atoms with E-state index in [-0.39, 0.29) is 19.4 Å². The standard InChI is InChI=1S/C28H38N4O5/c1-7-32(26(35)21(16-17-22(29)33)30-27(36)37-28(4,5)6)24(20-14-9-8-10-15-20)25(34)31-23-18(2)12-11-13-19(23)3/h8-15,21,24H,7,16-17H2,1-6H3,(H2,29,33)(H,30,36)(H,31,34). The Kier molecular flexibility index (Phi) is 10.2. The van der Waals surface area contributed by atoms with Crippen LogP contribution in [0.3, 0.4) is 0 Å². The Morgan fingerprint density at radius 2 is 1.57 bits per heavy atom. The van der Waals surface area contributed by atoms with E-state index in [9.17, 15) is 19.2 Å². The van der Waals surface area contributed by atoms with Crippen molar-refractivity contribution in [1.29, 1.82) is 0 Å². The van der Waals surface area contributed by atoms with Gasteiger partial charge in [0.2, 0.25) is 11.8 Å². The number of hydrogen-bond acceptors (Lipinski definition) is 5. The van der Waals surface area contributed by atoms with Gasteiger partial charge in [-0.25, -0.2) is 4.79 Å². The van der Waals surface area contributed by atoms with Crippen LogP contribution >= 0.6 is 0 Å². The number of nitrogens with zero attached hydrogens (tertiary/aromatic N) is 1. The first kappa shape index (κ1) is 29.4. The second-order valence-corrected chi connectivity index (χ2v) is 9.90. The van der Waals surface area contributed by atoms with Crippen molar-refractivity contribution < 1.29 is 23.9 Å². The third-order valence-corrected chi connectivity index (χ3v) is 5.70. The lowest BCUT2D eigenvalue weighted by atomic mass is 10.0. The van der Waals surface area contributed by atoms with Crippen LogP contribution in [0.5, 0.6) is 0 Å². The molecule has 0 aliphatic heterocycles. The lowest BCUT2D eigenvalue weighted by Crippen LogP contribution is -2.52. The number of aryl methyl sites for hydroxylation is 2. The number of rotatable bonds is 10. The largest absolute Gasteiger partial charge is 0.444 e. The minimum atomic E-state index is -1.12. The van der Waals surface area contributed by atoms with E-state index in [2.05, 4.69) is 10.6 Å². The molecule has 0 bridgehead atoms. The van der Waals surface area contributed by atoms with Gasteiger partial charge in [0, 0.05) is 18.7 Å². The third kappa shape index (κ3) is 8.63. The van der Waals surface area contributed by atoms with Crippen molar-refractivity contribution in [2.24, 2.45) is 5.73 Å². The lowest BCUT2D eigenvalue weighted by molar-refractivity contribution is -0.140. The number of nitrogens with one attached hydrogen (secondary N) is 2. The summed E-state index contributed by atoms with van der Waals surface area (Å²) in [6, 6.07) is 12.5. The van der Waals surface area contributed by atoms with Crippen LogP contribution in [-0.2, 0) is 19.1 Å². The first-order valence-electron chi connectivity index (χ1n) is 12.3. The van der Waals surface area contributed by atoms with Crippen molar-refractivity contribution in [2.45, 2.75) is 72.1 Å². The van der Waals surface area contributed by atoms with E-state index >= 15 is 0 Å². The van der Waals surface area contributed by atoms with Crippen LogP contribution in [0.4, 0.5) is 10.5 Å². The van der Waals surface area contributed by atoms with Crippen LogP contribution in [0, 0.1) is 13.8 Å². The number of anilines is 1. The van der Waals surface area contributed by atoms with Crippen LogP contribution in [0.25, 0.3) is 0 Å². The highest BCUT2D eigenvalue weighted by atomic mass is 16.6. The molecule has 4 amide bonds. The van der Waals surface area contributed by atoms with Gasteiger partial charge in [-0.05, 0) is 64.7 Å². The first-order valence-corrected chi connectivity index (χ1v) is 12.3. The van der Waals surface area contributed by atoms with Crippen LogP contribution < -0.4 is 16.4 Å². The maximum Gasteiger partial charge on any atom is 0.408 e. The second-order valence-electron chi connectivity index (χ2n) is 9.90. The minimum Gasteiger partial charge on any atom is -0.444 e. The molecule has 0 aliphatic carbocycles. The summed E-state index contributed by atoms with van der Waals surface area (Å²) in [6.45, 7) is 10.8. The molecule has 0 spiro atoms.